The Morgan fingerprint density at radius 3 is 3.10 bits per heavy atom. The number of nitrogens with zero attached hydrogens (tertiary/aromatic N) is 1. The molecule has 1 atom stereocenters. The molecule has 1 saturated heterocycles. The first-order valence-electron chi connectivity index (χ1n) is 3.74. The molecule has 0 radical (unpaired) electrons. The minimum Gasteiger partial charge on any atom is -0.383 e. The molecular formula is C7H16N2O. The van der Waals surface area contributed by atoms with Gasteiger partial charge in [-0.15, -0.1) is 0 Å². The maximum absolute atomic E-state index is 5.04. The molecule has 60 valence electrons. The van der Waals surface area contributed by atoms with Crippen LogP contribution in [0.15, 0.2) is 0 Å². The highest BCUT2D eigenvalue weighted by atomic mass is 16.5. The van der Waals surface area contributed by atoms with Gasteiger partial charge < -0.3 is 15.0 Å². The number of ether oxygens (including phenoxy) is 1. The van der Waals surface area contributed by atoms with E-state index in [0.717, 1.165) is 26.2 Å². The maximum atomic E-state index is 5.04. The van der Waals surface area contributed by atoms with Crippen molar-refractivity contribution in [3.63, 3.8) is 0 Å². The van der Waals surface area contributed by atoms with Gasteiger partial charge in [0.25, 0.3) is 0 Å². The monoisotopic (exact) mass is 144 g/mol. The van der Waals surface area contributed by atoms with Crippen molar-refractivity contribution in [2.24, 2.45) is 0 Å². The van der Waals surface area contributed by atoms with Crippen LogP contribution < -0.4 is 5.32 Å². The van der Waals surface area contributed by atoms with Crippen LogP contribution in [0.3, 0.4) is 0 Å². The van der Waals surface area contributed by atoms with E-state index in [1.54, 1.807) is 7.11 Å². The molecule has 1 rings (SSSR count). The van der Waals surface area contributed by atoms with Crippen molar-refractivity contribution in [3.8, 4) is 0 Å². The molecule has 0 aromatic rings. The molecule has 0 aromatic heterocycles. The quantitative estimate of drug-likeness (QED) is 0.567. The zero-order chi connectivity index (χ0) is 7.40. The number of methoxy groups -OCH3 is 1. The van der Waals surface area contributed by atoms with E-state index in [9.17, 15) is 0 Å². The van der Waals surface area contributed by atoms with E-state index in [4.69, 9.17) is 4.74 Å². The molecule has 1 heterocycles. The van der Waals surface area contributed by atoms with Crippen molar-refractivity contribution in [3.05, 3.63) is 0 Å². The van der Waals surface area contributed by atoms with Crippen LogP contribution >= 0.6 is 0 Å². The van der Waals surface area contributed by atoms with Gasteiger partial charge in [-0.25, -0.2) is 0 Å². The predicted molar refractivity (Wildman–Crippen MR) is 41.2 cm³/mol. The number of hydrogen-bond acceptors (Lipinski definition) is 3. The fraction of sp³-hybridized carbons (Fsp3) is 1.00. The summed E-state index contributed by atoms with van der Waals surface area (Å²) in [4.78, 5) is 2.32. The number of likely N-dealkylation sites (N-methyl/N-ethyl adjacent to an activating group) is 1. The summed E-state index contributed by atoms with van der Waals surface area (Å²) in [6.45, 7) is 4.17. The summed E-state index contributed by atoms with van der Waals surface area (Å²) in [6, 6.07) is 0.531. The van der Waals surface area contributed by atoms with Gasteiger partial charge >= 0.3 is 0 Å². The largest absolute Gasteiger partial charge is 0.383 e. The average molecular weight is 144 g/mol. The first-order chi connectivity index (χ1) is 4.83. The van der Waals surface area contributed by atoms with Crippen LogP contribution in [0.1, 0.15) is 0 Å². The number of hydrogen-bond donors (Lipinski definition) is 1. The van der Waals surface area contributed by atoms with Crippen LogP contribution in [0.4, 0.5) is 0 Å². The maximum Gasteiger partial charge on any atom is 0.0628 e. The van der Waals surface area contributed by atoms with Gasteiger partial charge in [0.05, 0.1) is 6.61 Å². The highest BCUT2D eigenvalue weighted by Gasteiger charge is 2.14. The molecule has 3 nitrogen and oxygen atoms in total. The lowest BCUT2D eigenvalue weighted by Gasteiger charge is -2.30. The summed E-state index contributed by atoms with van der Waals surface area (Å²) in [5, 5.41) is 3.38. The second-order valence-corrected chi connectivity index (χ2v) is 2.87. The molecule has 1 aliphatic rings. The Hall–Kier alpha value is -0.120. The number of rotatable bonds is 2. The highest BCUT2D eigenvalue weighted by molar-refractivity contribution is 4.75. The summed E-state index contributed by atoms with van der Waals surface area (Å²) < 4.78 is 5.04. The lowest BCUT2D eigenvalue weighted by molar-refractivity contribution is 0.127. The van der Waals surface area contributed by atoms with Gasteiger partial charge in [0.1, 0.15) is 0 Å². The number of piperazine rings is 1. The van der Waals surface area contributed by atoms with Crippen molar-refractivity contribution < 1.29 is 4.74 Å². The standard InChI is InChI=1S/C7H16N2O/c1-9-4-3-8-7(5-9)6-10-2/h7-8H,3-6H2,1-2H3/t7-/m0/s1. The van der Waals surface area contributed by atoms with E-state index in [-0.39, 0.29) is 0 Å². The van der Waals surface area contributed by atoms with Crippen molar-refractivity contribution in [1.82, 2.24) is 10.2 Å². The second-order valence-electron chi connectivity index (χ2n) is 2.87. The molecule has 3 heteroatoms. The van der Waals surface area contributed by atoms with Gasteiger partial charge in [-0.1, -0.05) is 0 Å². The summed E-state index contributed by atoms with van der Waals surface area (Å²) >= 11 is 0. The molecule has 0 spiro atoms. The Bertz CT molecular complexity index is 95.6. The van der Waals surface area contributed by atoms with E-state index in [0.29, 0.717) is 6.04 Å². The van der Waals surface area contributed by atoms with Gasteiger partial charge in [0, 0.05) is 32.8 Å². The van der Waals surface area contributed by atoms with Crippen LogP contribution in [0.2, 0.25) is 0 Å². The lowest BCUT2D eigenvalue weighted by atomic mass is 10.2. The fourth-order valence-corrected chi connectivity index (χ4v) is 1.30. The zero-order valence-electron chi connectivity index (χ0n) is 6.76. The third-order valence-corrected chi connectivity index (χ3v) is 1.83. The van der Waals surface area contributed by atoms with E-state index in [1.807, 2.05) is 0 Å². The van der Waals surface area contributed by atoms with Gasteiger partial charge in [-0.2, -0.15) is 0 Å². The van der Waals surface area contributed by atoms with E-state index < -0.39 is 0 Å². The summed E-state index contributed by atoms with van der Waals surface area (Å²) in [5.74, 6) is 0. The Labute approximate surface area is 62.3 Å². The smallest absolute Gasteiger partial charge is 0.0628 e. The fourth-order valence-electron chi connectivity index (χ4n) is 1.30. The summed E-state index contributed by atoms with van der Waals surface area (Å²) in [7, 11) is 3.89. The van der Waals surface area contributed by atoms with Crippen molar-refractivity contribution in [1.29, 1.82) is 0 Å². The molecular weight excluding hydrogens is 128 g/mol. The molecule has 1 N–H and O–H groups in total. The topological polar surface area (TPSA) is 24.5 Å². The highest BCUT2D eigenvalue weighted by Crippen LogP contribution is 1.95. The molecule has 1 fully saturated rings. The Kier molecular flexibility index (Phi) is 3.12. The van der Waals surface area contributed by atoms with Crippen LogP contribution in [0, 0.1) is 0 Å². The summed E-state index contributed by atoms with van der Waals surface area (Å²) in [6.07, 6.45) is 0. The molecule has 1 aliphatic heterocycles. The minimum atomic E-state index is 0.531. The number of nitrogens with one attached hydrogen (secondary N) is 1. The Morgan fingerprint density at radius 1 is 1.70 bits per heavy atom. The second kappa shape index (κ2) is 3.91. The normalized spacial score (nSPS) is 28.8. The van der Waals surface area contributed by atoms with Crippen LogP contribution in [-0.4, -0.2) is 51.3 Å². The zero-order valence-corrected chi connectivity index (χ0v) is 6.76. The molecule has 0 bridgehead atoms. The lowest BCUT2D eigenvalue weighted by Crippen LogP contribution is -2.50. The van der Waals surface area contributed by atoms with Gasteiger partial charge in [-0.3, -0.25) is 0 Å². The predicted octanol–water partition coefficient (Wildman–Crippen LogP) is -0.464. The van der Waals surface area contributed by atoms with Gasteiger partial charge in [-0.05, 0) is 7.05 Å². The third-order valence-electron chi connectivity index (χ3n) is 1.83. The Morgan fingerprint density at radius 2 is 2.50 bits per heavy atom. The average Bonchev–Trinajstić information content (AvgIpc) is 1.88. The Balaban J connectivity index is 2.18. The first kappa shape index (κ1) is 7.98. The SMILES string of the molecule is COC[C@@H]1CN(C)CCN1. The molecule has 10 heavy (non-hydrogen) atoms. The minimum absolute atomic E-state index is 0.531. The van der Waals surface area contributed by atoms with Gasteiger partial charge in [0.15, 0.2) is 0 Å². The van der Waals surface area contributed by atoms with Crippen LogP contribution in [-0.2, 0) is 4.74 Å². The molecule has 0 aliphatic carbocycles. The van der Waals surface area contributed by atoms with Crippen molar-refractivity contribution in [2.75, 3.05) is 40.4 Å². The first-order valence-corrected chi connectivity index (χ1v) is 3.74. The molecule has 0 saturated carbocycles. The summed E-state index contributed by atoms with van der Waals surface area (Å²) in [5.41, 5.74) is 0. The van der Waals surface area contributed by atoms with E-state index >= 15 is 0 Å². The van der Waals surface area contributed by atoms with Crippen LogP contribution in [0.25, 0.3) is 0 Å². The van der Waals surface area contributed by atoms with E-state index in [1.165, 1.54) is 0 Å². The molecule has 0 aromatic carbocycles. The third kappa shape index (κ3) is 2.25. The van der Waals surface area contributed by atoms with Crippen molar-refractivity contribution >= 4 is 0 Å². The molecule has 0 unspecified atom stereocenters. The van der Waals surface area contributed by atoms with Crippen molar-refractivity contribution in [2.45, 2.75) is 6.04 Å². The van der Waals surface area contributed by atoms with Crippen LogP contribution in [0.5, 0.6) is 0 Å². The van der Waals surface area contributed by atoms with E-state index in [2.05, 4.69) is 17.3 Å². The molecule has 0 amide bonds. The van der Waals surface area contributed by atoms with Gasteiger partial charge in [0.2, 0.25) is 0 Å².